The van der Waals surface area contributed by atoms with E-state index in [1.165, 1.54) is 38.8 Å². The first-order valence-corrected chi connectivity index (χ1v) is 5.01. The zero-order valence-electron chi connectivity index (χ0n) is 7.58. The molecule has 1 atom stereocenters. The maximum Gasteiger partial charge on any atom is 0.0968 e. The monoisotopic (exact) mass is 170 g/mol. The van der Waals surface area contributed by atoms with Gasteiger partial charge in [-0.15, -0.1) is 0 Å². The Hall–Kier alpha value is -0.120. The molecule has 0 aromatic carbocycles. The van der Waals surface area contributed by atoms with E-state index in [0.717, 1.165) is 6.54 Å². The number of nitrogens with zero attached hydrogens (tertiary/aromatic N) is 2. The molecule has 2 saturated heterocycles. The van der Waals surface area contributed by atoms with Gasteiger partial charge < -0.3 is 5.11 Å². The first-order chi connectivity index (χ1) is 5.92. The predicted molar refractivity (Wildman–Crippen MR) is 47.6 cm³/mol. The standard InChI is InChI=1S/C9H18N2O/c12-8-11-7-3-4-9(11)10-5-1-2-6-10/h9,12H,1-8H2/t9-/m1/s1. The van der Waals surface area contributed by atoms with Gasteiger partial charge in [-0.2, -0.15) is 0 Å². The average molecular weight is 170 g/mol. The van der Waals surface area contributed by atoms with E-state index in [1.54, 1.807) is 0 Å². The van der Waals surface area contributed by atoms with Crippen molar-refractivity contribution >= 4 is 0 Å². The van der Waals surface area contributed by atoms with E-state index < -0.39 is 0 Å². The molecule has 2 aliphatic heterocycles. The van der Waals surface area contributed by atoms with E-state index in [1.807, 2.05) is 0 Å². The van der Waals surface area contributed by atoms with Crippen molar-refractivity contribution < 1.29 is 5.11 Å². The summed E-state index contributed by atoms with van der Waals surface area (Å²) >= 11 is 0. The van der Waals surface area contributed by atoms with Gasteiger partial charge >= 0.3 is 0 Å². The minimum atomic E-state index is 0.237. The van der Waals surface area contributed by atoms with Crippen molar-refractivity contribution in [2.75, 3.05) is 26.4 Å². The lowest BCUT2D eigenvalue weighted by atomic mass is 10.3. The van der Waals surface area contributed by atoms with Gasteiger partial charge in [0.1, 0.15) is 0 Å². The molecule has 0 aromatic rings. The highest BCUT2D eigenvalue weighted by molar-refractivity contribution is 4.80. The van der Waals surface area contributed by atoms with Gasteiger partial charge in [0.25, 0.3) is 0 Å². The third kappa shape index (κ3) is 1.49. The normalized spacial score (nSPS) is 33.2. The third-order valence-corrected chi connectivity index (χ3v) is 3.07. The second kappa shape index (κ2) is 3.73. The predicted octanol–water partition coefficient (Wildman–Crippen LogP) is 0.454. The lowest BCUT2D eigenvalue weighted by molar-refractivity contribution is 0.0253. The van der Waals surface area contributed by atoms with Gasteiger partial charge in [-0.05, 0) is 38.8 Å². The Bertz CT molecular complexity index is 145. The van der Waals surface area contributed by atoms with E-state index in [9.17, 15) is 0 Å². The molecule has 0 unspecified atom stereocenters. The topological polar surface area (TPSA) is 26.7 Å². The van der Waals surface area contributed by atoms with Crippen LogP contribution >= 0.6 is 0 Å². The van der Waals surface area contributed by atoms with Crippen LogP contribution in [0.25, 0.3) is 0 Å². The molecule has 12 heavy (non-hydrogen) atoms. The van der Waals surface area contributed by atoms with Crippen LogP contribution < -0.4 is 0 Å². The van der Waals surface area contributed by atoms with Crippen molar-refractivity contribution in [2.45, 2.75) is 31.8 Å². The van der Waals surface area contributed by atoms with Gasteiger partial charge in [0.15, 0.2) is 0 Å². The Morgan fingerprint density at radius 2 is 1.83 bits per heavy atom. The zero-order valence-corrected chi connectivity index (χ0v) is 7.58. The van der Waals surface area contributed by atoms with Gasteiger partial charge in [0, 0.05) is 6.54 Å². The molecule has 1 N–H and O–H groups in total. The van der Waals surface area contributed by atoms with Crippen LogP contribution in [0.2, 0.25) is 0 Å². The summed E-state index contributed by atoms with van der Waals surface area (Å²) in [6.07, 6.45) is 5.74. The lowest BCUT2D eigenvalue weighted by Crippen LogP contribution is -2.43. The molecule has 0 saturated carbocycles. The molecule has 0 amide bonds. The Morgan fingerprint density at radius 3 is 2.50 bits per heavy atom. The van der Waals surface area contributed by atoms with Gasteiger partial charge in [-0.25, -0.2) is 0 Å². The molecule has 0 aromatic heterocycles. The van der Waals surface area contributed by atoms with Gasteiger partial charge in [-0.1, -0.05) is 0 Å². The summed E-state index contributed by atoms with van der Waals surface area (Å²) < 4.78 is 0. The number of hydrogen-bond donors (Lipinski definition) is 1. The quantitative estimate of drug-likeness (QED) is 0.652. The van der Waals surface area contributed by atoms with E-state index in [0.29, 0.717) is 6.17 Å². The highest BCUT2D eigenvalue weighted by Crippen LogP contribution is 2.23. The van der Waals surface area contributed by atoms with Gasteiger partial charge in [0.05, 0.1) is 12.9 Å². The third-order valence-electron chi connectivity index (χ3n) is 3.07. The first-order valence-electron chi connectivity index (χ1n) is 5.01. The SMILES string of the molecule is OCN1CCC[C@@H]1N1CCCC1. The number of likely N-dealkylation sites (tertiary alicyclic amines) is 2. The van der Waals surface area contributed by atoms with Crippen molar-refractivity contribution in [3.63, 3.8) is 0 Å². The van der Waals surface area contributed by atoms with Gasteiger partial charge in [-0.3, -0.25) is 9.80 Å². The van der Waals surface area contributed by atoms with Crippen LogP contribution in [-0.2, 0) is 0 Å². The van der Waals surface area contributed by atoms with Crippen molar-refractivity contribution in [2.24, 2.45) is 0 Å². The number of aliphatic hydroxyl groups excluding tert-OH is 1. The first kappa shape index (κ1) is 8.48. The van der Waals surface area contributed by atoms with Crippen LogP contribution in [0.5, 0.6) is 0 Å². The average Bonchev–Trinajstić information content (AvgIpc) is 2.74. The number of rotatable bonds is 2. The summed E-state index contributed by atoms with van der Waals surface area (Å²) in [5.41, 5.74) is 0. The summed E-state index contributed by atoms with van der Waals surface area (Å²) in [6, 6.07) is 0. The van der Waals surface area contributed by atoms with Crippen molar-refractivity contribution in [3.05, 3.63) is 0 Å². The minimum Gasteiger partial charge on any atom is -0.381 e. The number of hydrogen-bond acceptors (Lipinski definition) is 3. The van der Waals surface area contributed by atoms with Crippen LogP contribution in [-0.4, -0.2) is 47.4 Å². The smallest absolute Gasteiger partial charge is 0.0968 e. The van der Waals surface area contributed by atoms with E-state index >= 15 is 0 Å². The summed E-state index contributed by atoms with van der Waals surface area (Å²) in [5, 5.41) is 9.10. The maximum absolute atomic E-state index is 9.10. The van der Waals surface area contributed by atoms with Gasteiger partial charge in [0.2, 0.25) is 0 Å². The number of aliphatic hydroxyl groups is 1. The minimum absolute atomic E-state index is 0.237. The summed E-state index contributed by atoms with van der Waals surface area (Å²) in [5.74, 6) is 0. The molecule has 3 nitrogen and oxygen atoms in total. The lowest BCUT2D eigenvalue weighted by Gasteiger charge is -2.30. The van der Waals surface area contributed by atoms with Crippen LogP contribution in [0.3, 0.4) is 0 Å². The highest BCUT2D eigenvalue weighted by Gasteiger charge is 2.30. The molecular formula is C9H18N2O. The maximum atomic E-state index is 9.10. The van der Waals surface area contributed by atoms with Crippen LogP contribution in [0.4, 0.5) is 0 Å². The summed E-state index contributed by atoms with van der Waals surface area (Å²) in [7, 11) is 0. The molecule has 0 bridgehead atoms. The molecule has 70 valence electrons. The molecule has 2 fully saturated rings. The molecular weight excluding hydrogens is 152 g/mol. The highest BCUT2D eigenvalue weighted by atomic mass is 16.3. The largest absolute Gasteiger partial charge is 0.381 e. The van der Waals surface area contributed by atoms with E-state index in [-0.39, 0.29) is 6.73 Å². The Labute approximate surface area is 74.0 Å². The fourth-order valence-electron chi connectivity index (χ4n) is 2.43. The molecule has 3 heteroatoms. The molecule has 0 spiro atoms. The Balaban J connectivity index is 1.92. The molecule has 2 aliphatic rings. The molecule has 0 radical (unpaired) electrons. The Morgan fingerprint density at radius 1 is 1.08 bits per heavy atom. The van der Waals surface area contributed by atoms with Crippen LogP contribution in [0.15, 0.2) is 0 Å². The summed E-state index contributed by atoms with van der Waals surface area (Å²) in [6.45, 7) is 3.79. The van der Waals surface area contributed by atoms with Crippen LogP contribution in [0, 0.1) is 0 Å². The van der Waals surface area contributed by atoms with E-state index in [4.69, 9.17) is 5.11 Å². The second-order valence-corrected chi connectivity index (χ2v) is 3.82. The zero-order chi connectivity index (χ0) is 8.39. The fourth-order valence-corrected chi connectivity index (χ4v) is 2.43. The molecule has 2 heterocycles. The van der Waals surface area contributed by atoms with E-state index in [2.05, 4.69) is 9.80 Å². The molecule has 2 rings (SSSR count). The van der Waals surface area contributed by atoms with Crippen molar-refractivity contribution in [1.82, 2.24) is 9.80 Å². The van der Waals surface area contributed by atoms with Crippen LogP contribution in [0.1, 0.15) is 25.7 Å². The van der Waals surface area contributed by atoms with Crippen molar-refractivity contribution in [1.29, 1.82) is 0 Å². The summed E-state index contributed by atoms with van der Waals surface area (Å²) in [4.78, 5) is 4.70. The Kier molecular flexibility index (Phi) is 2.63. The fraction of sp³-hybridized carbons (Fsp3) is 1.00. The second-order valence-electron chi connectivity index (χ2n) is 3.82. The van der Waals surface area contributed by atoms with Crippen molar-refractivity contribution in [3.8, 4) is 0 Å². The molecule has 0 aliphatic carbocycles.